The highest BCUT2D eigenvalue weighted by atomic mass is 19.1. The molecule has 0 atom stereocenters. The van der Waals surface area contributed by atoms with E-state index >= 15 is 0 Å². The molecule has 72 valence electrons. The summed E-state index contributed by atoms with van der Waals surface area (Å²) in [4.78, 5) is 0. The summed E-state index contributed by atoms with van der Waals surface area (Å²) >= 11 is 0. The highest BCUT2D eigenvalue weighted by Gasteiger charge is 2.09. The van der Waals surface area contributed by atoms with Crippen molar-refractivity contribution in [1.82, 2.24) is 5.32 Å². The number of hydrogen-bond donors (Lipinski definition) is 1. The molecule has 1 fully saturated rings. The van der Waals surface area contributed by atoms with Gasteiger partial charge in [-0.25, -0.2) is 4.39 Å². The molecule has 1 aliphatic rings. The van der Waals surface area contributed by atoms with Crippen LogP contribution in [0.3, 0.4) is 0 Å². The van der Waals surface area contributed by atoms with Gasteiger partial charge in [0.2, 0.25) is 0 Å². The smallest absolute Gasteiger partial charge is 0.102 e. The van der Waals surface area contributed by atoms with E-state index in [0.29, 0.717) is 12.6 Å². The second-order valence-corrected chi connectivity index (χ2v) is 3.69. The van der Waals surface area contributed by atoms with Crippen LogP contribution in [0.15, 0.2) is 0 Å². The largest absolute Gasteiger partial charge is 0.311 e. The Balaban J connectivity index is 2.11. The Labute approximate surface area is 74.7 Å². The minimum absolute atomic E-state index is 0.226. The number of rotatable bonds is 3. The van der Waals surface area contributed by atoms with Crippen LogP contribution in [0.25, 0.3) is 0 Å². The molecule has 0 aromatic heterocycles. The van der Waals surface area contributed by atoms with Crippen LogP contribution in [0.1, 0.15) is 44.9 Å². The first kappa shape index (κ1) is 9.97. The molecule has 0 bridgehead atoms. The highest BCUT2D eigenvalue weighted by Crippen LogP contribution is 2.16. The Hall–Kier alpha value is -0.110. The minimum atomic E-state index is -0.226. The van der Waals surface area contributed by atoms with Crippen molar-refractivity contribution in [3.05, 3.63) is 0 Å². The lowest BCUT2D eigenvalue weighted by Gasteiger charge is -2.20. The zero-order valence-corrected chi connectivity index (χ0v) is 7.82. The van der Waals surface area contributed by atoms with Gasteiger partial charge in [-0.15, -0.1) is 0 Å². The minimum Gasteiger partial charge on any atom is -0.311 e. The van der Waals surface area contributed by atoms with Gasteiger partial charge in [-0.05, 0) is 12.8 Å². The zero-order chi connectivity index (χ0) is 8.65. The molecule has 1 N–H and O–H groups in total. The van der Waals surface area contributed by atoms with Gasteiger partial charge in [-0.2, -0.15) is 0 Å². The second-order valence-electron chi connectivity index (χ2n) is 3.69. The second kappa shape index (κ2) is 6.41. The first-order valence-electron chi connectivity index (χ1n) is 5.23. The maximum absolute atomic E-state index is 11.9. The van der Waals surface area contributed by atoms with Crippen LogP contribution in [0.5, 0.6) is 0 Å². The Morgan fingerprint density at radius 2 is 1.58 bits per heavy atom. The summed E-state index contributed by atoms with van der Waals surface area (Å²) in [7, 11) is 0. The van der Waals surface area contributed by atoms with E-state index in [1.807, 2.05) is 0 Å². The van der Waals surface area contributed by atoms with Crippen LogP contribution in [-0.4, -0.2) is 19.3 Å². The lowest BCUT2D eigenvalue weighted by Crippen LogP contribution is -2.31. The Morgan fingerprint density at radius 1 is 1.00 bits per heavy atom. The Kier molecular flexibility index (Phi) is 5.33. The molecule has 0 saturated heterocycles. The molecule has 0 aromatic rings. The van der Waals surface area contributed by atoms with E-state index < -0.39 is 0 Å². The molecule has 1 nitrogen and oxygen atoms in total. The molecule has 1 saturated carbocycles. The van der Waals surface area contributed by atoms with Gasteiger partial charge in [-0.3, -0.25) is 0 Å². The predicted molar refractivity (Wildman–Crippen MR) is 50.1 cm³/mol. The highest BCUT2D eigenvalue weighted by molar-refractivity contribution is 4.69. The summed E-state index contributed by atoms with van der Waals surface area (Å²) in [6.45, 7) is 0.321. The van der Waals surface area contributed by atoms with Crippen molar-refractivity contribution in [1.29, 1.82) is 0 Å². The maximum atomic E-state index is 11.9. The van der Waals surface area contributed by atoms with Crippen molar-refractivity contribution >= 4 is 0 Å². The van der Waals surface area contributed by atoms with Crippen LogP contribution in [-0.2, 0) is 0 Å². The van der Waals surface area contributed by atoms with Crippen LogP contribution in [0.4, 0.5) is 4.39 Å². The monoisotopic (exact) mass is 173 g/mol. The number of halogens is 1. The standard InChI is InChI=1S/C10H20FN/c11-8-9-12-10-6-4-2-1-3-5-7-10/h10,12H,1-9H2. The molecule has 0 spiro atoms. The molecular formula is C10H20FN. The van der Waals surface area contributed by atoms with Gasteiger partial charge in [0.05, 0.1) is 0 Å². The van der Waals surface area contributed by atoms with E-state index in [1.54, 1.807) is 0 Å². The predicted octanol–water partition coefficient (Wildman–Crippen LogP) is 2.66. The third-order valence-corrected chi connectivity index (χ3v) is 2.63. The average Bonchev–Trinajstić information content (AvgIpc) is 2.02. The van der Waals surface area contributed by atoms with Crippen LogP contribution in [0.2, 0.25) is 0 Å². The zero-order valence-electron chi connectivity index (χ0n) is 7.82. The first-order chi connectivity index (χ1) is 5.93. The fourth-order valence-corrected chi connectivity index (χ4v) is 1.92. The molecule has 1 rings (SSSR count). The summed E-state index contributed by atoms with van der Waals surface area (Å²) < 4.78 is 11.9. The Bertz CT molecular complexity index is 95.3. The fourth-order valence-electron chi connectivity index (χ4n) is 1.92. The van der Waals surface area contributed by atoms with E-state index in [2.05, 4.69) is 5.32 Å². The number of hydrogen-bond acceptors (Lipinski definition) is 1. The summed E-state index contributed by atoms with van der Waals surface area (Å²) in [5.74, 6) is 0. The number of nitrogens with one attached hydrogen (secondary N) is 1. The molecule has 12 heavy (non-hydrogen) atoms. The maximum Gasteiger partial charge on any atom is 0.102 e. The normalized spacial score (nSPS) is 21.8. The van der Waals surface area contributed by atoms with E-state index in [0.717, 1.165) is 0 Å². The summed E-state index contributed by atoms with van der Waals surface area (Å²) in [5.41, 5.74) is 0. The first-order valence-corrected chi connectivity index (χ1v) is 5.23. The van der Waals surface area contributed by atoms with Crippen molar-refractivity contribution in [2.24, 2.45) is 0 Å². The van der Waals surface area contributed by atoms with Gasteiger partial charge in [-0.1, -0.05) is 32.1 Å². The van der Waals surface area contributed by atoms with Gasteiger partial charge in [0.25, 0.3) is 0 Å². The Morgan fingerprint density at radius 3 is 2.17 bits per heavy atom. The molecule has 0 heterocycles. The average molecular weight is 173 g/mol. The molecule has 1 aliphatic carbocycles. The van der Waals surface area contributed by atoms with E-state index in [9.17, 15) is 4.39 Å². The molecule has 0 aromatic carbocycles. The quantitative estimate of drug-likeness (QED) is 0.692. The molecule has 2 heteroatoms. The molecular weight excluding hydrogens is 153 g/mol. The van der Waals surface area contributed by atoms with Crippen LogP contribution in [0, 0.1) is 0 Å². The SMILES string of the molecule is FCCNC1CCCCCCC1. The number of alkyl halides is 1. The third-order valence-electron chi connectivity index (χ3n) is 2.63. The third kappa shape index (κ3) is 4.05. The van der Waals surface area contributed by atoms with Crippen LogP contribution < -0.4 is 5.32 Å². The lowest BCUT2D eigenvalue weighted by atomic mass is 9.97. The van der Waals surface area contributed by atoms with Gasteiger partial charge in [0.15, 0.2) is 0 Å². The van der Waals surface area contributed by atoms with Crippen molar-refractivity contribution < 1.29 is 4.39 Å². The lowest BCUT2D eigenvalue weighted by molar-refractivity contribution is 0.367. The summed E-state index contributed by atoms with van der Waals surface area (Å²) in [6, 6.07) is 0.598. The van der Waals surface area contributed by atoms with Gasteiger partial charge >= 0.3 is 0 Å². The van der Waals surface area contributed by atoms with Crippen LogP contribution >= 0.6 is 0 Å². The molecule has 0 aliphatic heterocycles. The van der Waals surface area contributed by atoms with Gasteiger partial charge in [0.1, 0.15) is 6.67 Å². The van der Waals surface area contributed by atoms with Crippen molar-refractivity contribution in [2.45, 2.75) is 51.0 Å². The fraction of sp³-hybridized carbons (Fsp3) is 1.00. The molecule has 0 unspecified atom stereocenters. The van der Waals surface area contributed by atoms with Crippen molar-refractivity contribution in [3.8, 4) is 0 Å². The van der Waals surface area contributed by atoms with E-state index in [-0.39, 0.29) is 6.67 Å². The van der Waals surface area contributed by atoms with Crippen molar-refractivity contribution in [2.75, 3.05) is 13.2 Å². The van der Waals surface area contributed by atoms with Gasteiger partial charge < -0.3 is 5.32 Å². The topological polar surface area (TPSA) is 12.0 Å². The van der Waals surface area contributed by atoms with Crippen molar-refractivity contribution in [3.63, 3.8) is 0 Å². The summed E-state index contributed by atoms with van der Waals surface area (Å²) in [5, 5.41) is 3.26. The van der Waals surface area contributed by atoms with Gasteiger partial charge in [0, 0.05) is 12.6 Å². The summed E-state index contributed by atoms with van der Waals surface area (Å²) in [6.07, 6.45) is 9.28. The molecule has 0 radical (unpaired) electrons. The molecule has 0 amide bonds. The van der Waals surface area contributed by atoms with E-state index in [1.165, 1.54) is 44.9 Å². The van der Waals surface area contributed by atoms with E-state index in [4.69, 9.17) is 0 Å².